The summed E-state index contributed by atoms with van der Waals surface area (Å²) >= 11 is 0. The van der Waals surface area contributed by atoms with Crippen LogP contribution in [-0.4, -0.2) is 59.3 Å². The van der Waals surface area contributed by atoms with Gasteiger partial charge in [-0.25, -0.2) is 0 Å². The Balaban J connectivity index is 1.56. The Bertz CT molecular complexity index is 1080. The second kappa shape index (κ2) is 10.2. The summed E-state index contributed by atoms with van der Waals surface area (Å²) in [5, 5.41) is 9.99. The number of hydrogen-bond acceptors (Lipinski definition) is 6. The minimum atomic E-state index is -0.877. The summed E-state index contributed by atoms with van der Waals surface area (Å²) in [6.45, 7) is 7.63. The fraction of sp³-hybridized carbons (Fsp3) is 0.481. The number of ether oxygens (including phenoxy) is 3. The minimum Gasteiger partial charge on any atom is -0.497 e. The van der Waals surface area contributed by atoms with Crippen LogP contribution in [-0.2, 0) is 22.7 Å². The van der Waals surface area contributed by atoms with Crippen LogP contribution in [0.5, 0.6) is 17.2 Å². The highest BCUT2D eigenvalue weighted by atomic mass is 16.7. The first kappa shape index (κ1) is 24.9. The van der Waals surface area contributed by atoms with Crippen LogP contribution < -0.4 is 14.2 Å². The highest BCUT2D eigenvalue weighted by Gasteiger charge is 2.41. The van der Waals surface area contributed by atoms with Gasteiger partial charge in [0.05, 0.1) is 7.11 Å². The lowest BCUT2D eigenvalue weighted by Crippen LogP contribution is -2.42. The molecular formula is C27H34N2O6. The van der Waals surface area contributed by atoms with Gasteiger partial charge in [0, 0.05) is 32.1 Å². The Labute approximate surface area is 206 Å². The molecule has 2 atom stereocenters. The van der Waals surface area contributed by atoms with Gasteiger partial charge in [0.1, 0.15) is 11.8 Å². The maximum absolute atomic E-state index is 13.5. The number of fused-ring (bicyclic) bond motifs is 1. The SMILES string of the molecule is COc1cccc(CN(C(=O)CC(C)(C)C)[C@@H]2C[C@@H](C(=O)O)N(Cc3ccc4c(c3)OCO4)C2)c1. The Kier molecular flexibility index (Phi) is 7.21. The van der Waals surface area contributed by atoms with E-state index in [1.807, 2.05) is 73.0 Å². The quantitative estimate of drug-likeness (QED) is 0.610. The van der Waals surface area contributed by atoms with Crippen LogP contribution in [0.3, 0.4) is 0 Å². The third-order valence-corrected chi connectivity index (χ3v) is 6.42. The molecule has 0 radical (unpaired) electrons. The number of carbonyl (C=O) groups excluding carboxylic acids is 1. The lowest BCUT2D eigenvalue weighted by molar-refractivity contribution is -0.142. The van der Waals surface area contributed by atoms with Crippen LogP contribution in [0.4, 0.5) is 0 Å². The number of carboxylic acids is 1. The van der Waals surface area contributed by atoms with Gasteiger partial charge in [0.2, 0.25) is 12.7 Å². The summed E-state index contributed by atoms with van der Waals surface area (Å²) in [6.07, 6.45) is 0.757. The predicted molar refractivity (Wildman–Crippen MR) is 130 cm³/mol. The molecule has 0 bridgehead atoms. The van der Waals surface area contributed by atoms with Crippen molar-refractivity contribution in [3.63, 3.8) is 0 Å². The molecule has 2 heterocycles. The molecule has 0 unspecified atom stereocenters. The third-order valence-electron chi connectivity index (χ3n) is 6.42. The second-order valence-electron chi connectivity index (χ2n) is 10.5. The van der Waals surface area contributed by atoms with Crippen molar-refractivity contribution >= 4 is 11.9 Å². The zero-order chi connectivity index (χ0) is 25.2. The van der Waals surface area contributed by atoms with Crippen LogP contribution >= 0.6 is 0 Å². The van der Waals surface area contributed by atoms with Gasteiger partial charge in [0.15, 0.2) is 11.5 Å². The monoisotopic (exact) mass is 482 g/mol. The Morgan fingerprint density at radius 2 is 1.89 bits per heavy atom. The van der Waals surface area contributed by atoms with Crippen LogP contribution in [0.2, 0.25) is 0 Å². The van der Waals surface area contributed by atoms with Crippen molar-refractivity contribution in [3.8, 4) is 17.2 Å². The van der Waals surface area contributed by atoms with Crippen molar-refractivity contribution in [2.45, 2.75) is 58.8 Å². The zero-order valence-electron chi connectivity index (χ0n) is 20.8. The summed E-state index contributed by atoms with van der Waals surface area (Å²) in [4.78, 5) is 29.5. The first-order valence-electron chi connectivity index (χ1n) is 11.9. The minimum absolute atomic E-state index is 0.0272. The summed E-state index contributed by atoms with van der Waals surface area (Å²) in [5.74, 6) is 1.24. The maximum atomic E-state index is 13.5. The van der Waals surface area contributed by atoms with Crippen molar-refractivity contribution < 1.29 is 28.9 Å². The van der Waals surface area contributed by atoms with Gasteiger partial charge in [-0.1, -0.05) is 39.0 Å². The van der Waals surface area contributed by atoms with Gasteiger partial charge >= 0.3 is 5.97 Å². The van der Waals surface area contributed by atoms with E-state index in [0.29, 0.717) is 44.0 Å². The van der Waals surface area contributed by atoms with Crippen LogP contribution in [0.1, 0.15) is 44.7 Å². The molecule has 35 heavy (non-hydrogen) atoms. The molecule has 8 nitrogen and oxygen atoms in total. The van der Waals surface area contributed by atoms with Gasteiger partial charge in [-0.05, 0) is 47.2 Å². The number of amides is 1. The topological polar surface area (TPSA) is 88.5 Å². The van der Waals surface area contributed by atoms with Gasteiger partial charge in [0.25, 0.3) is 0 Å². The lowest BCUT2D eigenvalue weighted by Gasteiger charge is -2.32. The third kappa shape index (κ3) is 6.06. The molecule has 1 fully saturated rings. The Morgan fingerprint density at radius 1 is 1.11 bits per heavy atom. The van der Waals surface area contributed by atoms with E-state index in [4.69, 9.17) is 14.2 Å². The summed E-state index contributed by atoms with van der Waals surface area (Å²) in [6, 6.07) is 12.4. The van der Waals surface area contributed by atoms with E-state index in [9.17, 15) is 14.7 Å². The molecule has 2 aliphatic rings. The molecule has 8 heteroatoms. The number of aliphatic carboxylic acids is 1. The number of methoxy groups -OCH3 is 1. The molecule has 2 aliphatic heterocycles. The number of carboxylic acid groups (broad SMARTS) is 1. The highest BCUT2D eigenvalue weighted by Crippen LogP contribution is 2.34. The van der Waals surface area contributed by atoms with E-state index < -0.39 is 12.0 Å². The van der Waals surface area contributed by atoms with Gasteiger partial charge < -0.3 is 24.2 Å². The van der Waals surface area contributed by atoms with Crippen molar-refractivity contribution in [3.05, 3.63) is 53.6 Å². The predicted octanol–water partition coefficient (Wildman–Crippen LogP) is 3.92. The molecule has 1 saturated heterocycles. The van der Waals surface area contributed by atoms with E-state index in [1.54, 1.807) is 7.11 Å². The number of rotatable bonds is 8. The second-order valence-corrected chi connectivity index (χ2v) is 10.5. The van der Waals surface area contributed by atoms with Crippen molar-refractivity contribution in [2.75, 3.05) is 20.4 Å². The molecule has 2 aromatic rings. The van der Waals surface area contributed by atoms with Crippen LogP contribution in [0, 0.1) is 5.41 Å². The average Bonchev–Trinajstić information content (AvgIpc) is 3.43. The van der Waals surface area contributed by atoms with E-state index in [2.05, 4.69) is 0 Å². The summed E-state index contributed by atoms with van der Waals surface area (Å²) in [5.41, 5.74) is 1.72. The first-order chi connectivity index (χ1) is 16.6. The lowest BCUT2D eigenvalue weighted by atomic mass is 9.91. The van der Waals surface area contributed by atoms with Crippen molar-refractivity contribution in [1.82, 2.24) is 9.80 Å². The number of nitrogens with zero attached hydrogens (tertiary/aromatic N) is 2. The molecule has 0 spiro atoms. The number of hydrogen-bond donors (Lipinski definition) is 1. The van der Waals surface area contributed by atoms with E-state index in [0.717, 1.165) is 16.9 Å². The van der Waals surface area contributed by atoms with E-state index in [-0.39, 0.29) is 24.2 Å². The Hall–Kier alpha value is -3.26. The summed E-state index contributed by atoms with van der Waals surface area (Å²) in [7, 11) is 1.62. The van der Waals surface area contributed by atoms with E-state index in [1.165, 1.54) is 0 Å². The number of benzene rings is 2. The molecule has 0 aliphatic carbocycles. The van der Waals surface area contributed by atoms with E-state index >= 15 is 0 Å². The normalized spacial score (nSPS) is 19.5. The molecule has 0 aromatic heterocycles. The van der Waals surface area contributed by atoms with Gasteiger partial charge in [-0.2, -0.15) is 0 Å². The molecular weight excluding hydrogens is 448 g/mol. The fourth-order valence-electron chi connectivity index (χ4n) is 4.75. The largest absolute Gasteiger partial charge is 0.497 e. The zero-order valence-corrected chi connectivity index (χ0v) is 20.8. The van der Waals surface area contributed by atoms with Crippen molar-refractivity contribution in [2.24, 2.45) is 5.41 Å². The smallest absolute Gasteiger partial charge is 0.321 e. The van der Waals surface area contributed by atoms with Crippen molar-refractivity contribution in [1.29, 1.82) is 0 Å². The van der Waals surface area contributed by atoms with Gasteiger partial charge in [-0.3, -0.25) is 14.5 Å². The molecule has 188 valence electrons. The number of likely N-dealkylation sites (tertiary alicyclic amines) is 1. The molecule has 1 amide bonds. The number of carbonyl (C=O) groups is 2. The van der Waals surface area contributed by atoms with Crippen LogP contribution in [0.25, 0.3) is 0 Å². The molecule has 4 rings (SSSR count). The Morgan fingerprint density at radius 3 is 2.60 bits per heavy atom. The molecule has 1 N–H and O–H groups in total. The highest BCUT2D eigenvalue weighted by molar-refractivity contribution is 5.78. The van der Waals surface area contributed by atoms with Crippen LogP contribution in [0.15, 0.2) is 42.5 Å². The fourth-order valence-corrected chi connectivity index (χ4v) is 4.75. The molecule has 0 saturated carbocycles. The molecule has 2 aromatic carbocycles. The summed E-state index contributed by atoms with van der Waals surface area (Å²) < 4.78 is 16.2. The standard InChI is InChI=1S/C27H34N2O6/c1-27(2,3)13-25(30)29(15-18-6-5-7-21(10-18)33-4)20-12-22(26(31)32)28(16-20)14-19-8-9-23-24(11-19)35-17-34-23/h5-11,20,22H,12-17H2,1-4H3,(H,31,32)/t20-,22+/m1/s1. The maximum Gasteiger partial charge on any atom is 0.321 e. The average molecular weight is 483 g/mol. The first-order valence-corrected chi connectivity index (χ1v) is 11.9. The van der Waals surface area contributed by atoms with Gasteiger partial charge in [-0.15, -0.1) is 0 Å².